The number of non-ortho nitro benzene ring substituents is 1. The number of carboxylic acids is 1. The Hall–Kier alpha value is -3.46. The third kappa shape index (κ3) is 5.52. The summed E-state index contributed by atoms with van der Waals surface area (Å²) in [5.41, 5.74) is 0.559. The first-order chi connectivity index (χ1) is 13.2. The number of amides is 2. The molecular formula is C18H16ClN3O6. The smallest absolute Gasteiger partial charge is 0.305 e. The summed E-state index contributed by atoms with van der Waals surface area (Å²) in [6, 6.07) is 8.46. The SMILES string of the molecule is CC(=O)Nc1ccc(C(=O)N[C@H](CC(=O)O)c2cc([N+](=O)[O-])ccc2Cl)cc1. The summed E-state index contributed by atoms with van der Waals surface area (Å²) in [5, 5.41) is 25.3. The van der Waals surface area contributed by atoms with Crippen LogP contribution in [0.15, 0.2) is 42.5 Å². The van der Waals surface area contributed by atoms with Crippen molar-refractivity contribution in [3.05, 3.63) is 68.7 Å². The van der Waals surface area contributed by atoms with Gasteiger partial charge in [-0.1, -0.05) is 11.6 Å². The Bertz CT molecular complexity index is 929. The Labute approximate surface area is 164 Å². The van der Waals surface area contributed by atoms with Gasteiger partial charge >= 0.3 is 5.97 Å². The van der Waals surface area contributed by atoms with Crippen molar-refractivity contribution in [2.24, 2.45) is 0 Å². The van der Waals surface area contributed by atoms with E-state index < -0.39 is 29.3 Å². The van der Waals surface area contributed by atoms with Crippen LogP contribution in [0.4, 0.5) is 11.4 Å². The van der Waals surface area contributed by atoms with E-state index in [1.807, 2.05) is 0 Å². The second-order valence-electron chi connectivity index (χ2n) is 5.85. The quantitative estimate of drug-likeness (QED) is 0.477. The molecule has 0 saturated heterocycles. The topological polar surface area (TPSA) is 139 Å². The van der Waals surface area contributed by atoms with Gasteiger partial charge in [0.15, 0.2) is 0 Å². The minimum absolute atomic E-state index is 0.0955. The first-order valence-electron chi connectivity index (χ1n) is 8.01. The van der Waals surface area contributed by atoms with Crippen molar-refractivity contribution in [1.82, 2.24) is 5.32 Å². The molecular weight excluding hydrogens is 390 g/mol. The van der Waals surface area contributed by atoms with E-state index in [1.54, 1.807) is 0 Å². The number of halogens is 1. The average molecular weight is 406 g/mol. The molecule has 0 unspecified atom stereocenters. The van der Waals surface area contributed by atoms with Gasteiger partial charge in [-0.3, -0.25) is 24.5 Å². The van der Waals surface area contributed by atoms with Gasteiger partial charge in [-0.2, -0.15) is 0 Å². The van der Waals surface area contributed by atoms with E-state index in [1.165, 1.54) is 43.3 Å². The maximum absolute atomic E-state index is 12.5. The van der Waals surface area contributed by atoms with Gasteiger partial charge in [0.2, 0.25) is 5.91 Å². The lowest BCUT2D eigenvalue weighted by Gasteiger charge is -2.19. The fourth-order valence-electron chi connectivity index (χ4n) is 2.47. The molecule has 0 aliphatic rings. The van der Waals surface area contributed by atoms with Crippen molar-refractivity contribution in [1.29, 1.82) is 0 Å². The standard InChI is InChI=1S/C18H16ClN3O6/c1-10(23)20-12-4-2-11(3-5-12)18(26)21-16(9-17(24)25)14-8-13(22(27)28)6-7-15(14)19/h2-8,16H,9H2,1H3,(H,20,23)(H,21,26)(H,24,25)/t16-/m1/s1. The van der Waals surface area contributed by atoms with E-state index in [9.17, 15) is 24.5 Å². The Morgan fingerprint density at radius 1 is 1.18 bits per heavy atom. The van der Waals surface area contributed by atoms with Crippen molar-refractivity contribution >= 4 is 40.8 Å². The number of nitro groups is 1. The number of anilines is 1. The molecule has 2 amide bonds. The first-order valence-corrected chi connectivity index (χ1v) is 8.39. The van der Waals surface area contributed by atoms with Crippen LogP contribution in [0.1, 0.15) is 35.3 Å². The van der Waals surface area contributed by atoms with Gasteiger partial charge < -0.3 is 15.7 Å². The molecule has 28 heavy (non-hydrogen) atoms. The van der Waals surface area contributed by atoms with E-state index in [2.05, 4.69) is 10.6 Å². The molecule has 2 rings (SSSR count). The van der Waals surface area contributed by atoms with Gasteiger partial charge in [0, 0.05) is 40.9 Å². The Kier molecular flexibility index (Phi) is 6.67. The maximum atomic E-state index is 12.5. The summed E-state index contributed by atoms with van der Waals surface area (Å²) in [5.74, 6) is -2.07. The van der Waals surface area contributed by atoms with Crippen LogP contribution in [0, 0.1) is 10.1 Å². The fraction of sp³-hybridized carbons (Fsp3) is 0.167. The molecule has 0 bridgehead atoms. The van der Waals surface area contributed by atoms with Crippen LogP contribution in [0.2, 0.25) is 5.02 Å². The van der Waals surface area contributed by atoms with Crippen molar-refractivity contribution < 1.29 is 24.4 Å². The molecule has 2 aromatic carbocycles. The monoisotopic (exact) mass is 405 g/mol. The molecule has 9 nitrogen and oxygen atoms in total. The normalized spacial score (nSPS) is 11.4. The molecule has 0 aromatic heterocycles. The van der Waals surface area contributed by atoms with Crippen molar-refractivity contribution in [3.63, 3.8) is 0 Å². The van der Waals surface area contributed by atoms with Crippen LogP contribution >= 0.6 is 11.6 Å². The van der Waals surface area contributed by atoms with Crippen LogP contribution in [0.25, 0.3) is 0 Å². The minimum atomic E-state index is -1.21. The number of aliphatic carboxylic acids is 1. The molecule has 146 valence electrons. The van der Waals surface area contributed by atoms with Crippen LogP contribution in [-0.4, -0.2) is 27.8 Å². The van der Waals surface area contributed by atoms with Crippen molar-refractivity contribution in [2.75, 3.05) is 5.32 Å². The summed E-state index contributed by atoms with van der Waals surface area (Å²) in [4.78, 5) is 45.1. The number of benzene rings is 2. The fourth-order valence-corrected chi connectivity index (χ4v) is 2.72. The Morgan fingerprint density at radius 2 is 1.82 bits per heavy atom. The second kappa shape index (κ2) is 8.96. The molecule has 1 atom stereocenters. The highest BCUT2D eigenvalue weighted by Gasteiger charge is 2.23. The number of nitrogens with zero attached hydrogens (tertiary/aromatic N) is 1. The molecule has 0 fully saturated rings. The van der Waals surface area contributed by atoms with Gasteiger partial charge in [-0.15, -0.1) is 0 Å². The van der Waals surface area contributed by atoms with Gasteiger partial charge in [0.1, 0.15) is 0 Å². The predicted octanol–water partition coefficient (Wildman–Crippen LogP) is 3.15. The highest BCUT2D eigenvalue weighted by Crippen LogP contribution is 2.29. The minimum Gasteiger partial charge on any atom is -0.481 e. The number of rotatable bonds is 7. The largest absolute Gasteiger partial charge is 0.481 e. The van der Waals surface area contributed by atoms with E-state index in [-0.39, 0.29) is 27.7 Å². The van der Waals surface area contributed by atoms with Gasteiger partial charge in [0.25, 0.3) is 11.6 Å². The molecule has 2 aromatic rings. The zero-order valence-corrected chi connectivity index (χ0v) is 15.4. The molecule has 0 spiro atoms. The average Bonchev–Trinajstić information content (AvgIpc) is 2.61. The summed E-state index contributed by atoms with van der Waals surface area (Å²) in [6.45, 7) is 1.35. The Balaban J connectivity index is 2.28. The number of carbonyl (C=O) groups is 3. The maximum Gasteiger partial charge on any atom is 0.305 e. The zero-order valence-electron chi connectivity index (χ0n) is 14.6. The molecule has 3 N–H and O–H groups in total. The lowest BCUT2D eigenvalue weighted by atomic mass is 10.0. The number of hydrogen-bond donors (Lipinski definition) is 3. The predicted molar refractivity (Wildman–Crippen MR) is 101 cm³/mol. The number of nitrogens with one attached hydrogen (secondary N) is 2. The third-order valence-electron chi connectivity index (χ3n) is 3.72. The zero-order chi connectivity index (χ0) is 20.8. The highest BCUT2D eigenvalue weighted by molar-refractivity contribution is 6.31. The van der Waals surface area contributed by atoms with E-state index in [0.717, 1.165) is 6.07 Å². The van der Waals surface area contributed by atoms with E-state index >= 15 is 0 Å². The molecule has 0 aliphatic heterocycles. The highest BCUT2D eigenvalue weighted by atomic mass is 35.5. The van der Waals surface area contributed by atoms with Crippen molar-refractivity contribution in [2.45, 2.75) is 19.4 Å². The molecule has 0 aliphatic carbocycles. The number of carbonyl (C=O) groups excluding carboxylic acids is 2. The summed E-state index contributed by atoms with van der Waals surface area (Å²) >= 11 is 6.07. The first kappa shape index (κ1) is 20.8. The summed E-state index contributed by atoms with van der Waals surface area (Å²) in [7, 11) is 0. The lowest BCUT2D eigenvalue weighted by molar-refractivity contribution is -0.384. The van der Waals surface area contributed by atoms with Crippen LogP contribution < -0.4 is 10.6 Å². The van der Waals surface area contributed by atoms with Gasteiger partial charge in [0.05, 0.1) is 17.4 Å². The number of carboxylic acid groups (broad SMARTS) is 1. The van der Waals surface area contributed by atoms with Crippen LogP contribution in [0.5, 0.6) is 0 Å². The molecule has 0 heterocycles. The Morgan fingerprint density at radius 3 is 2.36 bits per heavy atom. The molecule has 10 heteroatoms. The second-order valence-corrected chi connectivity index (χ2v) is 6.25. The lowest BCUT2D eigenvalue weighted by Crippen LogP contribution is -2.30. The van der Waals surface area contributed by atoms with Crippen LogP contribution in [0.3, 0.4) is 0 Å². The van der Waals surface area contributed by atoms with E-state index in [4.69, 9.17) is 16.7 Å². The van der Waals surface area contributed by atoms with Crippen LogP contribution in [-0.2, 0) is 9.59 Å². The van der Waals surface area contributed by atoms with Crippen molar-refractivity contribution in [3.8, 4) is 0 Å². The third-order valence-corrected chi connectivity index (χ3v) is 4.06. The molecule has 0 saturated carbocycles. The number of nitro benzene ring substituents is 1. The van der Waals surface area contributed by atoms with Gasteiger partial charge in [-0.05, 0) is 30.3 Å². The summed E-state index contributed by atoms with van der Waals surface area (Å²) in [6.07, 6.45) is -0.517. The number of hydrogen-bond acceptors (Lipinski definition) is 5. The molecule has 0 radical (unpaired) electrons. The van der Waals surface area contributed by atoms with E-state index in [0.29, 0.717) is 5.69 Å². The van der Waals surface area contributed by atoms with Gasteiger partial charge in [-0.25, -0.2) is 0 Å². The summed E-state index contributed by atoms with van der Waals surface area (Å²) < 4.78 is 0.